The lowest BCUT2D eigenvalue weighted by Crippen LogP contribution is -2.33. The summed E-state index contributed by atoms with van der Waals surface area (Å²) >= 11 is 0. The number of nitrogens with one attached hydrogen (secondary N) is 1. The van der Waals surface area contributed by atoms with E-state index < -0.39 is 5.97 Å². The molecule has 0 saturated carbocycles. The average Bonchev–Trinajstić information content (AvgIpc) is 2.28. The molecule has 0 aliphatic rings. The molecule has 2 unspecified atom stereocenters. The minimum absolute atomic E-state index is 0.0788. The first-order chi connectivity index (χ1) is 8.28. The van der Waals surface area contributed by atoms with Crippen molar-refractivity contribution in [2.24, 2.45) is 5.92 Å². The molecule has 2 N–H and O–H groups in total. The summed E-state index contributed by atoms with van der Waals surface area (Å²) in [5.41, 5.74) is -0.0788. The summed E-state index contributed by atoms with van der Waals surface area (Å²) in [5, 5.41) is 12.2. The number of carboxylic acids is 1. The van der Waals surface area contributed by atoms with Crippen molar-refractivity contribution in [2.45, 2.75) is 65.0 Å². The van der Waals surface area contributed by atoms with Gasteiger partial charge >= 0.3 is 5.97 Å². The average molecular weight is 259 g/mol. The summed E-state index contributed by atoms with van der Waals surface area (Å²) in [6.07, 6.45) is 3.70. The van der Waals surface area contributed by atoms with Crippen LogP contribution in [0.15, 0.2) is 0 Å². The number of hydrogen-bond donors (Lipinski definition) is 2. The number of aliphatic carboxylic acids is 1. The van der Waals surface area contributed by atoms with Gasteiger partial charge in [-0.15, -0.1) is 0 Å². The van der Waals surface area contributed by atoms with Gasteiger partial charge in [-0.2, -0.15) is 0 Å². The van der Waals surface area contributed by atoms with E-state index in [2.05, 4.69) is 26.1 Å². The van der Waals surface area contributed by atoms with Crippen LogP contribution in [-0.2, 0) is 9.53 Å². The quantitative estimate of drug-likeness (QED) is 0.633. The molecule has 18 heavy (non-hydrogen) atoms. The van der Waals surface area contributed by atoms with Crippen LogP contribution in [0.5, 0.6) is 0 Å². The van der Waals surface area contributed by atoms with Crippen molar-refractivity contribution in [2.75, 3.05) is 13.7 Å². The molecule has 0 spiro atoms. The zero-order chi connectivity index (χ0) is 14.2. The molecule has 4 heteroatoms. The number of carbonyl (C=O) groups is 1. The number of ether oxygens (including phenoxy) is 1. The molecule has 0 heterocycles. The summed E-state index contributed by atoms with van der Waals surface area (Å²) in [6, 6.07) is 0.429. The molecular formula is C14H29NO3. The van der Waals surface area contributed by atoms with Crippen molar-refractivity contribution in [3.8, 4) is 0 Å². The molecular weight excluding hydrogens is 230 g/mol. The van der Waals surface area contributed by atoms with Gasteiger partial charge in [-0.3, -0.25) is 4.79 Å². The summed E-state index contributed by atoms with van der Waals surface area (Å²) in [4.78, 5) is 10.7. The molecule has 0 aliphatic carbocycles. The molecule has 0 fully saturated rings. The fourth-order valence-corrected chi connectivity index (χ4v) is 1.68. The normalized spacial score (nSPS) is 15.4. The predicted octanol–water partition coefficient (Wildman–Crippen LogP) is 2.67. The van der Waals surface area contributed by atoms with Gasteiger partial charge in [0.25, 0.3) is 0 Å². The zero-order valence-corrected chi connectivity index (χ0v) is 12.5. The van der Waals surface area contributed by atoms with E-state index in [0.717, 1.165) is 32.2 Å². The van der Waals surface area contributed by atoms with Crippen molar-refractivity contribution in [1.29, 1.82) is 0 Å². The lowest BCUT2D eigenvalue weighted by Gasteiger charge is -2.24. The molecule has 108 valence electrons. The fraction of sp³-hybridized carbons (Fsp3) is 0.929. The van der Waals surface area contributed by atoms with E-state index in [0.29, 0.717) is 6.04 Å². The van der Waals surface area contributed by atoms with Crippen LogP contribution >= 0.6 is 0 Å². The molecule has 0 saturated heterocycles. The van der Waals surface area contributed by atoms with E-state index >= 15 is 0 Å². The minimum Gasteiger partial charge on any atom is -0.481 e. The van der Waals surface area contributed by atoms with E-state index in [1.54, 1.807) is 14.0 Å². The second kappa shape index (κ2) is 8.48. The Hall–Kier alpha value is -0.610. The fourth-order valence-electron chi connectivity index (χ4n) is 1.68. The van der Waals surface area contributed by atoms with Crippen LogP contribution in [-0.4, -0.2) is 36.4 Å². The number of methoxy groups -OCH3 is 1. The van der Waals surface area contributed by atoms with Crippen molar-refractivity contribution in [3.05, 3.63) is 0 Å². The Kier molecular flexibility index (Phi) is 8.20. The zero-order valence-electron chi connectivity index (χ0n) is 12.5. The smallest absolute Gasteiger partial charge is 0.306 e. The molecule has 2 atom stereocenters. The second-order valence-corrected chi connectivity index (χ2v) is 5.74. The first-order valence-electron chi connectivity index (χ1n) is 6.80. The van der Waals surface area contributed by atoms with Crippen molar-refractivity contribution in [3.63, 3.8) is 0 Å². The number of carboxylic acid groups (broad SMARTS) is 1. The van der Waals surface area contributed by atoms with Gasteiger partial charge in [0, 0.05) is 13.2 Å². The number of hydrogen-bond acceptors (Lipinski definition) is 3. The van der Waals surface area contributed by atoms with Gasteiger partial charge in [0.15, 0.2) is 0 Å². The first-order valence-corrected chi connectivity index (χ1v) is 6.80. The monoisotopic (exact) mass is 259 g/mol. The van der Waals surface area contributed by atoms with Crippen LogP contribution < -0.4 is 5.32 Å². The molecule has 0 amide bonds. The largest absolute Gasteiger partial charge is 0.481 e. The first kappa shape index (κ1) is 17.4. The van der Waals surface area contributed by atoms with Gasteiger partial charge in [0.05, 0.1) is 11.5 Å². The van der Waals surface area contributed by atoms with Crippen LogP contribution in [0.3, 0.4) is 0 Å². The van der Waals surface area contributed by atoms with Crippen LogP contribution in [0.1, 0.15) is 53.4 Å². The molecule has 0 radical (unpaired) electrons. The SMILES string of the molecule is COC(C)(C)CCNC(C)CCCC(C)C(=O)O. The van der Waals surface area contributed by atoms with Crippen LogP contribution in [0.2, 0.25) is 0 Å². The molecule has 0 aliphatic heterocycles. The minimum atomic E-state index is -0.697. The second-order valence-electron chi connectivity index (χ2n) is 5.74. The maximum atomic E-state index is 10.7. The highest BCUT2D eigenvalue weighted by molar-refractivity contribution is 5.69. The third kappa shape index (κ3) is 8.48. The summed E-state index contributed by atoms with van der Waals surface area (Å²) < 4.78 is 5.35. The standard InChI is InChI=1S/C14H29NO3/c1-11(13(16)17)7-6-8-12(2)15-10-9-14(3,4)18-5/h11-12,15H,6-10H2,1-5H3,(H,16,17). The highest BCUT2D eigenvalue weighted by Crippen LogP contribution is 2.13. The molecule has 0 rings (SSSR count). The van der Waals surface area contributed by atoms with Gasteiger partial charge in [-0.1, -0.05) is 13.3 Å². The Morgan fingerprint density at radius 3 is 2.44 bits per heavy atom. The maximum absolute atomic E-state index is 10.7. The van der Waals surface area contributed by atoms with Gasteiger partial charge in [-0.05, 0) is 46.6 Å². The van der Waals surface area contributed by atoms with Crippen molar-refractivity contribution < 1.29 is 14.6 Å². The van der Waals surface area contributed by atoms with E-state index in [-0.39, 0.29) is 11.5 Å². The Bertz CT molecular complexity index is 241. The van der Waals surface area contributed by atoms with Gasteiger partial charge in [0.2, 0.25) is 0 Å². The number of rotatable bonds is 10. The molecule has 0 aromatic carbocycles. The van der Waals surface area contributed by atoms with Crippen molar-refractivity contribution in [1.82, 2.24) is 5.32 Å². The summed E-state index contributed by atoms with van der Waals surface area (Å²) in [6.45, 7) is 8.99. The van der Waals surface area contributed by atoms with Crippen LogP contribution in [0.4, 0.5) is 0 Å². The highest BCUT2D eigenvalue weighted by Gasteiger charge is 2.16. The Labute approximate surface area is 111 Å². The lowest BCUT2D eigenvalue weighted by atomic mass is 10.0. The summed E-state index contributed by atoms with van der Waals surface area (Å²) in [5.74, 6) is -0.929. The lowest BCUT2D eigenvalue weighted by molar-refractivity contribution is -0.141. The van der Waals surface area contributed by atoms with Crippen molar-refractivity contribution >= 4 is 5.97 Å². The van der Waals surface area contributed by atoms with E-state index in [1.807, 2.05) is 0 Å². The van der Waals surface area contributed by atoms with E-state index in [4.69, 9.17) is 9.84 Å². The Morgan fingerprint density at radius 2 is 1.94 bits per heavy atom. The van der Waals surface area contributed by atoms with E-state index in [9.17, 15) is 4.79 Å². The third-order valence-electron chi connectivity index (χ3n) is 3.47. The van der Waals surface area contributed by atoms with Crippen LogP contribution in [0, 0.1) is 5.92 Å². The Morgan fingerprint density at radius 1 is 1.33 bits per heavy atom. The highest BCUT2D eigenvalue weighted by atomic mass is 16.5. The summed E-state index contributed by atoms with van der Waals surface area (Å²) in [7, 11) is 1.73. The third-order valence-corrected chi connectivity index (χ3v) is 3.47. The molecule has 0 aromatic rings. The molecule has 0 aromatic heterocycles. The van der Waals surface area contributed by atoms with E-state index in [1.165, 1.54) is 0 Å². The predicted molar refractivity (Wildman–Crippen MR) is 73.8 cm³/mol. The van der Waals surface area contributed by atoms with Gasteiger partial charge in [-0.25, -0.2) is 0 Å². The topological polar surface area (TPSA) is 58.6 Å². The Balaban J connectivity index is 3.60. The van der Waals surface area contributed by atoms with Gasteiger partial charge < -0.3 is 15.2 Å². The molecule has 0 bridgehead atoms. The van der Waals surface area contributed by atoms with Crippen LogP contribution in [0.25, 0.3) is 0 Å². The maximum Gasteiger partial charge on any atom is 0.306 e. The van der Waals surface area contributed by atoms with Gasteiger partial charge in [0.1, 0.15) is 0 Å². The molecule has 4 nitrogen and oxygen atoms in total.